The minimum Gasteiger partial charge on any atom is -0.304 e. The molecule has 0 aliphatic carbocycles. The number of hydrogen-bond donors (Lipinski definition) is 0. The van der Waals surface area contributed by atoms with Crippen LogP contribution in [0.2, 0.25) is 0 Å². The molecule has 0 aliphatic rings. The third-order valence-electron chi connectivity index (χ3n) is 2.54. The van der Waals surface area contributed by atoms with Crippen LogP contribution in [0.3, 0.4) is 0 Å². The summed E-state index contributed by atoms with van der Waals surface area (Å²) in [6.07, 6.45) is 9.27. The monoisotopic (exact) mass is 184 g/mol. The molecule has 0 unspecified atom stereocenters. The van der Waals surface area contributed by atoms with E-state index in [1.165, 1.54) is 51.7 Å². The molecule has 0 spiro atoms. The Kier molecular flexibility index (Phi) is 10.0. The zero-order chi connectivity index (χ0) is 9.94. The van der Waals surface area contributed by atoms with Gasteiger partial charge in [-0.05, 0) is 25.9 Å². The summed E-state index contributed by atoms with van der Waals surface area (Å²) >= 11 is 0. The molecule has 13 heavy (non-hydrogen) atoms. The molecule has 0 atom stereocenters. The summed E-state index contributed by atoms with van der Waals surface area (Å²) in [6.45, 7) is 10.3. The lowest BCUT2D eigenvalue weighted by molar-refractivity contribution is 0.323. The van der Waals surface area contributed by atoms with Crippen LogP contribution in [0.4, 0.5) is 0 Å². The number of rotatable bonds is 9. The molecule has 1 nitrogen and oxygen atoms in total. The molecule has 0 aromatic heterocycles. The highest BCUT2D eigenvalue weighted by Crippen LogP contribution is 2.04. The summed E-state index contributed by atoms with van der Waals surface area (Å²) in [5, 5.41) is 0. The second-order valence-corrected chi connectivity index (χ2v) is 3.62. The molecular formula is C12H26N. The first-order valence-electron chi connectivity index (χ1n) is 5.89. The molecule has 1 heteroatoms. The van der Waals surface area contributed by atoms with Crippen molar-refractivity contribution in [1.29, 1.82) is 0 Å². The van der Waals surface area contributed by atoms with Crippen molar-refractivity contribution in [3.05, 3.63) is 6.42 Å². The van der Waals surface area contributed by atoms with Gasteiger partial charge in [-0.25, -0.2) is 0 Å². The Hall–Kier alpha value is -0.0400. The van der Waals surface area contributed by atoms with Crippen LogP contribution in [-0.4, -0.2) is 24.5 Å². The van der Waals surface area contributed by atoms with Gasteiger partial charge in [0, 0.05) is 6.54 Å². The van der Waals surface area contributed by atoms with Gasteiger partial charge >= 0.3 is 0 Å². The molecule has 0 rings (SSSR count). The van der Waals surface area contributed by atoms with Crippen LogP contribution in [0.5, 0.6) is 0 Å². The first kappa shape index (κ1) is 13.0. The van der Waals surface area contributed by atoms with E-state index in [0.717, 1.165) is 0 Å². The Morgan fingerprint density at radius 3 is 2.15 bits per heavy atom. The maximum absolute atomic E-state index is 2.46. The van der Waals surface area contributed by atoms with Crippen molar-refractivity contribution in [3.63, 3.8) is 0 Å². The van der Waals surface area contributed by atoms with Gasteiger partial charge in [-0.2, -0.15) is 0 Å². The third kappa shape index (κ3) is 8.29. The van der Waals surface area contributed by atoms with Crippen LogP contribution in [-0.2, 0) is 0 Å². The predicted octanol–water partition coefficient (Wildman–Crippen LogP) is 3.50. The Bertz CT molecular complexity index is 87.1. The molecule has 1 radical (unpaired) electrons. The number of hydrogen-bond acceptors (Lipinski definition) is 1. The lowest BCUT2D eigenvalue weighted by Gasteiger charge is -2.17. The molecule has 0 aliphatic heterocycles. The molecular weight excluding hydrogens is 158 g/mol. The van der Waals surface area contributed by atoms with E-state index >= 15 is 0 Å². The average Bonchev–Trinajstić information content (AvgIpc) is 2.17. The van der Waals surface area contributed by atoms with Crippen LogP contribution < -0.4 is 0 Å². The number of nitrogens with zero attached hydrogens (tertiary/aromatic N) is 1. The SMILES string of the molecule is CCCCCC[CH]CN(CC)CC. The second-order valence-electron chi connectivity index (χ2n) is 3.62. The Labute approximate surface area is 84.5 Å². The van der Waals surface area contributed by atoms with Gasteiger partial charge in [0.2, 0.25) is 0 Å². The van der Waals surface area contributed by atoms with Crippen LogP contribution in [0, 0.1) is 6.42 Å². The van der Waals surface area contributed by atoms with Crippen molar-refractivity contribution in [1.82, 2.24) is 4.90 Å². The van der Waals surface area contributed by atoms with Crippen molar-refractivity contribution >= 4 is 0 Å². The molecule has 0 bridgehead atoms. The van der Waals surface area contributed by atoms with E-state index in [9.17, 15) is 0 Å². The lowest BCUT2D eigenvalue weighted by Crippen LogP contribution is -2.24. The fourth-order valence-electron chi connectivity index (χ4n) is 1.47. The predicted molar refractivity (Wildman–Crippen MR) is 60.8 cm³/mol. The summed E-state index contributed by atoms with van der Waals surface area (Å²) in [4.78, 5) is 2.46. The summed E-state index contributed by atoms with van der Waals surface area (Å²) < 4.78 is 0. The quantitative estimate of drug-likeness (QED) is 0.496. The molecule has 79 valence electrons. The van der Waals surface area contributed by atoms with Gasteiger partial charge in [0.15, 0.2) is 0 Å². The van der Waals surface area contributed by atoms with Gasteiger partial charge in [0.05, 0.1) is 0 Å². The first-order chi connectivity index (χ1) is 6.35. The zero-order valence-corrected chi connectivity index (χ0v) is 9.68. The largest absolute Gasteiger partial charge is 0.304 e. The first-order valence-corrected chi connectivity index (χ1v) is 5.89. The highest BCUT2D eigenvalue weighted by atomic mass is 15.1. The number of unbranched alkanes of at least 4 members (excludes halogenated alkanes) is 5. The minimum absolute atomic E-state index is 1.18. The van der Waals surface area contributed by atoms with E-state index in [4.69, 9.17) is 0 Å². The van der Waals surface area contributed by atoms with Crippen molar-refractivity contribution in [2.24, 2.45) is 0 Å². The molecule has 0 saturated heterocycles. The molecule has 0 saturated carbocycles. The fraction of sp³-hybridized carbons (Fsp3) is 0.917. The van der Waals surface area contributed by atoms with E-state index in [0.29, 0.717) is 0 Å². The molecule has 0 aromatic rings. The maximum Gasteiger partial charge on any atom is 0.00126 e. The molecule has 0 aromatic carbocycles. The normalized spacial score (nSPS) is 11.1. The molecule has 0 heterocycles. The highest BCUT2D eigenvalue weighted by Gasteiger charge is 1.97. The van der Waals surface area contributed by atoms with Gasteiger partial charge in [0.1, 0.15) is 0 Å². The average molecular weight is 184 g/mol. The second kappa shape index (κ2) is 10.0. The summed E-state index contributed by atoms with van der Waals surface area (Å²) in [7, 11) is 0. The van der Waals surface area contributed by atoms with Crippen molar-refractivity contribution in [3.8, 4) is 0 Å². The minimum atomic E-state index is 1.18. The highest BCUT2D eigenvalue weighted by molar-refractivity contribution is 4.69. The van der Waals surface area contributed by atoms with Gasteiger partial charge in [-0.1, -0.05) is 46.5 Å². The Morgan fingerprint density at radius 2 is 1.62 bits per heavy atom. The summed E-state index contributed by atoms with van der Waals surface area (Å²) in [5.74, 6) is 0. The maximum atomic E-state index is 2.46. The van der Waals surface area contributed by atoms with Gasteiger partial charge in [-0.15, -0.1) is 0 Å². The van der Waals surface area contributed by atoms with E-state index < -0.39 is 0 Å². The standard InChI is InChI=1S/C12H26N/c1-4-7-8-9-10-11-12-13(5-2)6-3/h11H,4-10,12H2,1-3H3. The van der Waals surface area contributed by atoms with Crippen molar-refractivity contribution in [2.75, 3.05) is 19.6 Å². The molecule has 0 N–H and O–H groups in total. The van der Waals surface area contributed by atoms with E-state index in [2.05, 4.69) is 32.1 Å². The van der Waals surface area contributed by atoms with Gasteiger partial charge in [-0.3, -0.25) is 0 Å². The smallest absolute Gasteiger partial charge is 0.00126 e. The van der Waals surface area contributed by atoms with Crippen LogP contribution >= 0.6 is 0 Å². The van der Waals surface area contributed by atoms with Gasteiger partial charge in [0.25, 0.3) is 0 Å². The molecule has 0 fully saturated rings. The van der Waals surface area contributed by atoms with Crippen molar-refractivity contribution < 1.29 is 0 Å². The topological polar surface area (TPSA) is 3.24 Å². The van der Waals surface area contributed by atoms with Gasteiger partial charge < -0.3 is 4.90 Å². The third-order valence-corrected chi connectivity index (χ3v) is 2.54. The molecule has 0 amide bonds. The Balaban J connectivity index is 3.05. The zero-order valence-electron chi connectivity index (χ0n) is 9.68. The lowest BCUT2D eigenvalue weighted by atomic mass is 10.1. The summed E-state index contributed by atoms with van der Waals surface area (Å²) in [6, 6.07) is 0. The Morgan fingerprint density at radius 1 is 0.923 bits per heavy atom. The van der Waals surface area contributed by atoms with E-state index in [-0.39, 0.29) is 0 Å². The van der Waals surface area contributed by atoms with Crippen LogP contribution in [0.1, 0.15) is 52.9 Å². The van der Waals surface area contributed by atoms with Crippen LogP contribution in [0.25, 0.3) is 0 Å². The van der Waals surface area contributed by atoms with Crippen molar-refractivity contribution in [2.45, 2.75) is 52.9 Å². The van der Waals surface area contributed by atoms with E-state index in [1.807, 2.05) is 0 Å². The fourth-order valence-corrected chi connectivity index (χ4v) is 1.47. The van der Waals surface area contributed by atoms with E-state index in [1.54, 1.807) is 0 Å². The summed E-state index contributed by atoms with van der Waals surface area (Å²) in [5.41, 5.74) is 0. The van der Waals surface area contributed by atoms with Crippen LogP contribution in [0.15, 0.2) is 0 Å².